The number of aryl methyl sites for hydroxylation is 1. The molecule has 0 bridgehead atoms. The fraction of sp³-hybridized carbons (Fsp3) is 0.444. The van der Waals surface area contributed by atoms with Crippen LogP contribution in [0.2, 0.25) is 5.02 Å². The zero-order valence-electron chi connectivity index (χ0n) is 14.1. The average molecular weight is 380 g/mol. The molecule has 134 valence electrons. The third-order valence-electron chi connectivity index (χ3n) is 4.47. The predicted octanol–water partition coefficient (Wildman–Crippen LogP) is 3.39. The van der Waals surface area contributed by atoms with Gasteiger partial charge in [0, 0.05) is 35.7 Å². The molecule has 0 radical (unpaired) electrons. The minimum absolute atomic E-state index is 0.169. The lowest BCUT2D eigenvalue weighted by molar-refractivity contribution is -0.119. The lowest BCUT2D eigenvalue weighted by Gasteiger charge is -2.26. The molecule has 1 aromatic carbocycles. The van der Waals surface area contributed by atoms with E-state index in [2.05, 4.69) is 16.4 Å². The maximum absolute atomic E-state index is 12.3. The highest BCUT2D eigenvalue weighted by atomic mass is 35.5. The van der Waals surface area contributed by atoms with E-state index in [4.69, 9.17) is 22.1 Å². The summed E-state index contributed by atoms with van der Waals surface area (Å²) in [5, 5.41) is 4.19. The van der Waals surface area contributed by atoms with E-state index in [1.54, 1.807) is 6.20 Å². The Morgan fingerprint density at radius 3 is 2.96 bits per heavy atom. The minimum atomic E-state index is -0.521. The first-order chi connectivity index (χ1) is 12.0. The number of hydrogen-bond donors (Lipinski definition) is 2. The Morgan fingerprint density at radius 1 is 1.48 bits per heavy atom. The normalized spacial score (nSPS) is 16.6. The lowest BCUT2D eigenvalue weighted by atomic mass is 9.92. The van der Waals surface area contributed by atoms with Crippen LogP contribution >= 0.6 is 22.9 Å². The molecule has 1 aliphatic rings. The number of hydrogen-bond acceptors (Lipinski definition) is 5. The summed E-state index contributed by atoms with van der Waals surface area (Å²) in [7, 11) is 0. The second-order valence-corrected chi connectivity index (χ2v) is 7.88. The van der Waals surface area contributed by atoms with Gasteiger partial charge in [-0.05, 0) is 42.9 Å². The quantitative estimate of drug-likeness (QED) is 0.834. The van der Waals surface area contributed by atoms with Crippen LogP contribution in [0.5, 0.6) is 0 Å². The molecule has 1 fully saturated rings. The highest BCUT2D eigenvalue weighted by Crippen LogP contribution is 2.25. The molecule has 3 rings (SSSR count). The first-order valence-electron chi connectivity index (χ1n) is 8.37. The van der Waals surface area contributed by atoms with Crippen LogP contribution in [0, 0.1) is 12.8 Å². The van der Waals surface area contributed by atoms with Gasteiger partial charge < -0.3 is 15.8 Å². The van der Waals surface area contributed by atoms with Gasteiger partial charge in [0.1, 0.15) is 0 Å². The molecule has 1 saturated heterocycles. The van der Waals surface area contributed by atoms with Crippen molar-refractivity contribution < 1.29 is 9.53 Å². The summed E-state index contributed by atoms with van der Waals surface area (Å²) in [6, 6.07) is 5.51. The van der Waals surface area contributed by atoms with Gasteiger partial charge >= 0.3 is 0 Å². The van der Waals surface area contributed by atoms with E-state index in [9.17, 15) is 4.79 Å². The molecule has 1 amide bonds. The summed E-state index contributed by atoms with van der Waals surface area (Å²) in [6.45, 7) is 3.33. The van der Waals surface area contributed by atoms with Crippen molar-refractivity contribution >= 4 is 34.0 Å². The third-order valence-corrected chi connectivity index (χ3v) is 5.79. The zero-order valence-corrected chi connectivity index (χ0v) is 15.7. The Morgan fingerprint density at radius 2 is 2.24 bits per heavy atom. The number of carbonyl (C=O) groups excluding carboxylic acids is 1. The Kier molecular flexibility index (Phi) is 6.06. The number of ether oxygens (including phenoxy) is 1. The van der Waals surface area contributed by atoms with Crippen LogP contribution in [0.4, 0.5) is 5.13 Å². The van der Waals surface area contributed by atoms with Crippen LogP contribution in [0.3, 0.4) is 0 Å². The smallest absolute Gasteiger partial charge is 0.243 e. The van der Waals surface area contributed by atoms with Gasteiger partial charge in [0.25, 0.3) is 0 Å². The monoisotopic (exact) mass is 379 g/mol. The molecular weight excluding hydrogens is 358 g/mol. The first kappa shape index (κ1) is 18.3. The van der Waals surface area contributed by atoms with Gasteiger partial charge in [-0.25, -0.2) is 4.98 Å². The second-order valence-electron chi connectivity index (χ2n) is 6.36. The van der Waals surface area contributed by atoms with Crippen LogP contribution in [-0.4, -0.2) is 30.1 Å². The van der Waals surface area contributed by atoms with E-state index in [-0.39, 0.29) is 11.8 Å². The van der Waals surface area contributed by atoms with Gasteiger partial charge in [-0.15, -0.1) is 11.3 Å². The number of amides is 1. The van der Waals surface area contributed by atoms with Gasteiger partial charge in [-0.3, -0.25) is 4.79 Å². The molecule has 1 aromatic heterocycles. The van der Waals surface area contributed by atoms with Crippen LogP contribution in [-0.2, 0) is 16.0 Å². The van der Waals surface area contributed by atoms with E-state index in [0.29, 0.717) is 18.3 Å². The van der Waals surface area contributed by atoms with Gasteiger partial charge in [-0.1, -0.05) is 23.7 Å². The maximum Gasteiger partial charge on any atom is 0.243 e. The second kappa shape index (κ2) is 8.27. The summed E-state index contributed by atoms with van der Waals surface area (Å²) in [5.74, 6) is -0.00550. The average Bonchev–Trinajstić information content (AvgIpc) is 3.05. The van der Waals surface area contributed by atoms with E-state index in [1.807, 2.05) is 19.1 Å². The molecule has 1 aliphatic heterocycles. The van der Waals surface area contributed by atoms with Gasteiger partial charge in [0.15, 0.2) is 5.13 Å². The number of nitrogens with zero attached hydrogens (tertiary/aromatic N) is 1. The number of anilines is 1. The van der Waals surface area contributed by atoms with Gasteiger partial charge in [-0.2, -0.15) is 0 Å². The third kappa shape index (κ3) is 4.79. The Labute approximate surface area is 156 Å². The number of nitrogens with two attached hydrogens (primary N) is 1. The summed E-state index contributed by atoms with van der Waals surface area (Å²) >= 11 is 7.63. The number of halogens is 1. The highest BCUT2D eigenvalue weighted by molar-refractivity contribution is 7.15. The van der Waals surface area contributed by atoms with Crippen molar-refractivity contribution in [1.29, 1.82) is 0 Å². The van der Waals surface area contributed by atoms with Crippen LogP contribution < -0.4 is 11.1 Å². The molecule has 0 spiro atoms. The van der Waals surface area contributed by atoms with Crippen LogP contribution in [0.25, 0.3) is 0 Å². The number of aromatic nitrogens is 1. The molecular formula is C18H22ClN3O2S. The standard InChI is InChI=1S/C18H22ClN3O2S/c1-11-2-3-12(9-15(11)19)8-14-10-21-18(25-14)22-17(23)16(20)13-4-6-24-7-5-13/h2-3,9-10,13,16H,4-8,20H2,1H3,(H,21,22,23). The molecule has 0 saturated carbocycles. The number of rotatable bonds is 5. The lowest BCUT2D eigenvalue weighted by Crippen LogP contribution is -2.43. The minimum Gasteiger partial charge on any atom is -0.381 e. The summed E-state index contributed by atoms with van der Waals surface area (Å²) in [4.78, 5) is 17.7. The van der Waals surface area contributed by atoms with Crippen molar-refractivity contribution in [3.05, 3.63) is 45.4 Å². The molecule has 1 unspecified atom stereocenters. The van der Waals surface area contributed by atoms with Crippen molar-refractivity contribution in [3.8, 4) is 0 Å². The van der Waals surface area contributed by atoms with Gasteiger partial charge in [0.05, 0.1) is 6.04 Å². The van der Waals surface area contributed by atoms with Crippen LogP contribution in [0.1, 0.15) is 28.8 Å². The molecule has 3 N–H and O–H groups in total. The van der Waals surface area contributed by atoms with E-state index < -0.39 is 6.04 Å². The largest absolute Gasteiger partial charge is 0.381 e. The first-order valence-corrected chi connectivity index (χ1v) is 9.56. The SMILES string of the molecule is Cc1ccc(Cc2cnc(NC(=O)C(N)C3CCOCC3)s2)cc1Cl. The van der Waals surface area contributed by atoms with Crippen molar-refractivity contribution in [3.63, 3.8) is 0 Å². The van der Waals surface area contributed by atoms with E-state index in [1.165, 1.54) is 11.3 Å². The van der Waals surface area contributed by atoms with Crippen LogP contribution in [0.15, 0.2) is 24.4 Å². The Hall–Kier alpha value is -1.47. The summed E-state index contributed by atoms with van der Waals surface area (Å²) < 4.78 is 5.32. The molecule has 5 nitrogen and oxygen atoms in total. The van der Waals surface area contributed by atoms with Crippen molar-refractivity contribution in [2.45, 2.75) is 32.2 Å². The number of benzene rings is 1. The Balaban J connectivity index is 1.59. The number of nitrogens with one attached hydrogen (secondary N) is 1. The number of thiazole rings is 1. The predicted molar refractivity (Wildman–Crippen MR) is 101 cm³/mol. The Bertz CT molecular complexity index is 744. The number of carbonyl (C=O) groups is 1. The maximum atomic E-state index is 12.3. The van der Waals surface area contributed by atoms with Crippen molar-refractivity contribution in [2.24, 2.45) is 11.7 Å². The molecule has 0 aliphatic carbocycles. The van der Waals surface area contributed by atoms with E-state index >= 15 is 0 Å². The van der Waals surface area contributed by atoms with Gasteiger partial charge in [0.2, 0.25) is 5.91 Å². The molecule has 1 atom stereocenters. The van der Waals surface area contributed by atoms with Crippen molar-refractivity contribution in [2.75, 3.05) is 18.5 Å². The fourth-order valence-corrected chi connectivity index (χ4v) is 3.93. The fourth-order valence-electron chi connectivity index (χ4n) is 2.87. The molecule has 25 heavy (non-hydrogen) atoms. The molecule has 2 aromatic rings. The molecule has 7 heteroatoms. The summed E-state index contributed by atoms with van der Waals surface area (Å²) in [5.41, 5.74) is 8.28. The topological polar surface area (TPSA) is 77.2 Å². The zero-order chi connectivity index (χ0) is 17.8. The van der Waals surface area contributed by atoms with Crippen molar-refractivity contribution in [1.82, 2.24) is 4.98 Å². The highest BCUT2D eigenvalue weighted by Gasteiger charge is 2.27. The van der Waals surface area contributed by atoms with E-state index in [0.717, 1.165) is 40.3 Å². The summed E-state index contributed by atoms with van der Waals surface area (Å²) in [6.07, 6.45) is 4.17. The molecule has 2 heterocycles.